The highest BCUT2D eigenvalue weighted by Crippen LogP contribution is 2.60. The number of rotatable bonds is 11. The van der Waals surface area contributed by atoms with E-state index in [4.69, 9.17) is 14.0 Å². The van der Waals surface area contributed by atoms with Crippen LogP contribution in [0.1, 0.15) is 25.2 Å². The van der Waals surface area contributed by atoms with Crippen molar-refractivity contribution in [2.45, 2.75) is 19.6 Å². The van der Waals surface area contributed by atoms with Gasteiger partial charge in [0, 0.05) is 42.4 Å². The van der Waals surface area contributed by atoms with Gasteiger partial charge in [0.25, 0.3) is 7.37 Å². The Hall–Kier alpha value is -2.95. The lowest BCUT2D eigenvalue weighted by Gasteiger charge is -2.31. The van der Waals surface area contributed by atoms with Gasteiger partial charge in [-0.25, -0.2) is 0 Å². The first kappa shape index (κ1) is 25.7. The van der Waals surface area contributed by atoms with Gasteiger partial charge >= 0.3 is 0 Å². The largest absolute Gasteiger partial charge is 0.497 e. The standard InChI is InChI=1S/C27H35N2O4P/c1-20(2)19-33-34(30,24-15-12-22(13-16-24)29(3)4)27(28-21-10-8-7-9-11-21)25-17-14-23(31-5)18-26(25)32-6/h7-18,20,27-28H,19H2,1-6H3. The van der Waals surface area contributed by atoms with Gasteiger partial charge in [-0.3, -0.25) is 4.57 Å². The van der Waals surface area contributed by atoms with Crippen molar-refractivity contribution < 1.29 is 18.6 Å². The molecule has 0 aromatic heterocycles. The Morgan fingerprint density at radius 1 is 0.912 bits per heavy atom. The predicted octanol–water partition coefficient (Wildman–Crippen LogP) is 6.16. The first-order chi connectivity index (χ1) is 16.3. The Balaban J connectivity index is 2.19. The molecule has 3 rings (SSSR count). The van der Waals surface area contributed by atoms with E-state index in [1.165, 1.54) is 0 Å². The maximum Gasteiger partial charge on any atom is 0.258 e. The Morgan fingerprint density at radius 2 is 1.59 bits per heavy atom. The van der Waals surface area contributed by atoms with Gasteiger partial charge in [-0.1, -0.05) is 32.0 Å². The Labute approximate surface area is 203 Å². The molecule has 6 nitrogen and oxygen atoms in total. The van der Waals surface area contributed by atoms with Gasteiger partial charge < -0.3 is 24.2 Å². The normalized spacial score (nSPS) is 13.7. The molecule has 0 aliphatic carbocycles. The highest BCUT2D eigenvalue weighted by atomic mass is 31.2. The van der Waals surface area contributed by atoms with E-state index in [1.807, 2.05) is 99.6 Å². The van der Waals surface area contributed by atoms with Gasteiger partial charge in [0.2, 0.25) is 0 Å². The summed E-state index contributed by atoms with van der Waals surface area (Å²) in [5.74, 6) is 0.766. The first-order valence-electron chi connectivity index (χ1n) is 11.3. The van der Waals surface area contributed by atoms with Crippen LogP contribution in [0.2, 0.25) is 0 Å². The van der Waals surface area contributed by atoms with E-state index in [9.17, 15) is 4.57 Å². The van der Waals surface area contributed by atoms with Crippen LogP contribution in [-0.4, -0.2) is 34.9 Å². The second-order valence-corrected chi connectivity index (χ2v) is 11.2. The van der Waals surface area contributed by atoms with Crippen LogP contribution in [0.25, 0.3) is 0 Å². The van der Waals surface area contributed by atoms with Crippen molar-refractivity contribution in [3.05, 3.63) is 78.4 Å². The van der Waals surface area contributed by atoms with Crippen molar-refractivity contribution in [3.8, 4) is 11.5 Å². The molecule has 2 atom stereocenters. The lowest BCUT2D eigenvalue weighted by Crippen LogP contribution is -2.22. The number of hydrogen-bond acceptors (Lipinski definition) is 6. The third kappa shape index (κ3) is 5.94. The first-order valence-corrected chi connectivity index (χ1v) is 13.0. The highest BCUT2D eigenvalue weighted by Gasteiger charge is 2.40. The minimum atomic E-state index is -3.49. The summed E-state index contributed by atoms with van der Waals surface area (Å²) in [6.07, 6.45) is 0. The minimum absolute atomic E-state index is 0.213. The van der Waals surface area contributed by atoms with Gasteiger partial charge in [0.1, 0.15) is 17.3 Å². The average molecular weight is 483 g/mol. The molecule has 0 fully saturated rings. The van der Waals surface area contributed by atoms with Crippen molar-refractivity contribution in [3.63, 3.8) is 0 Å². The van der Waals surface area contributed by atoms with Crippen LogP contribution < -0.4 is 25.0 Å². The molecule has 3 aromatic rings. The number of ether oxygens (including phenoxy) is 2. The van der Waals surface area contributed by atoms with Crippen molar-refractivity contribution in [1.29, 1.82) is 0 Å². The molecule has 0 saturated heterocycles. The molecule has 34 heavy (non-hydrogen) atoms. The summed E-state index contributed by atoms with van der Waals surface area (Å²) >= 11 is 0. The molecule has 2 unspecified atom stereocenters. The second-order valence-electron chi connectivity index (χ2n) is 8.72. The average Bonchev–Trinajstić information content (AvgIpc) is 2.86. The van der Waals surface area contributed by atoms with Gasteiger partial charge in [-0.2, -0.15) is 0 Å². The van der Waals surface area contributed by atoms with Crippen LogP contribution in [0.3, 0.4) is 0 Å². The smallest absolute Gasteiger partial charge is 0.258 e. The predicted molar refractivity (Wildman–Crippen MR) is 141 cm³/mol. The molecular weight excluding hydrogens is 447 g/mol. The SMILES string of the molecule is COc1ccc(C(Nc2ccccc2)P(=O)(OCC(C)C)c2ccc(N(C)C)cc2)c(OC)c1. The number of benzene rings is 3. The van der Waals surface area contributed by atoms with E-state index < -0.39 is 13.2 Å². The molecule has 0 heterocycles. The molecule has 0 spiro atoms. The molecule has 0 amide bonds. The quantitative estimate of drug-likeness (QED) is 0.331. The molecule has 7 heteroatoms. The third-order valence-electron chi connectivity index (χ3n) is 5.48. The summed E-state index contributed by atoms with van der Waals surface area (Å²) in [6, 6.07) is 23.0. The van der Waals surface area contributed by atoms with Crippen molar-refractivity contribution >= 4 is 24.0 Å². The summed E-state index contributed by atoms with van der Waals surface area (Å²) in [6.45, 7) is 4.46. The molecule has 182 valence electrons. The van der Waals surface area contributed by atoms with Crippen LogP contribution in [-0.2, 0) is 9.09 Å². The maximum atomic E-state index is 14.9. The van der Waals surface area contributed by atoms with Crippen LogP contribution in [0.5, 0.6) is 11.5 Å². The zero-order valence-corrected chi connectivity index (χ0v) is 21.7. The van der Waals surface area contributed by atoms with Crippen LogP contribution in [0, 0.1) is 5.92 Å². The number of methoxy groups -OCH3 is 2. The van der Waals surface area contributed by atoms with E-state index in [-0.39, 0.29) is 5.92 Å². The molecule has 0 radical (unpaired) electrons. The Morgan fingerprint density at radius 3 is 2.15 bits per heavy atom. The van der Waals surface area contributed by atoms with Crippen LogP contribution >= 0.6 is 7.37 Å². The van der Waals surface area contributed by atoms with Crippen molar-refractivity contribution in [1.82, 2.24) is 0 Å². The summed E-state index contributed by atoms with van der Waals surface area (Å²) in [7, 11) is 3.68. The molecule has 0 bridgehead atoms. The summed E-state index contributed by atoms with van der Waals surface area (Å²) in [5.41, 5.74) is 2.59. The van der Waals surface area contributed by atoms with Gasteiger partial charge in [0.15, 0.2) is 0 Å². The summed E-state index contributed by atoms with van der Waals surface area (Å²) in [4.78, 5) is 2.01. The van der Waals surface area contributed by atoms with Crippen LogP contribution in [0.15, 0.2) is 72.8 Å². The van der Waals surface area contributed by atoms with Crippen molar-refractivity contribution in [2.24, 2.45) is 5.92 Å². The van der Waals surface area contributed by atoms with Gasteiger partial charge in [-0.15, -0.1) is 0 Å². The zero-order chi connectivity index (χ0) is 24.7. The number of nitrogens with zero attached hydrogens (tertiary/aromatic N) is 1. The van der Waals surface area contributed by atoms with E-state index >= 15 is 0 Å². The van der Waals surface area contributed by atoms with E-state index in [0.29, 0.717) is 23.4 Å². The number of nitrogens with one attached hydrogen (secondary N) is 1. The minimum Gasteiger partial charge on any atom is -0.497 e. The highest BCUT2D eigenvalue weighted by molar-refractivity contribution is 7.67. The molecule has 3 aromatic carbocycles. The van der Waals surface area contributed by atoms with E-state index in [1.54, 1.807) is 20.3 Å². The van der Waals surface area contributed by atoms with E-state index in [2.05, 4.69) is 5.32 Å². The van der Waals surface area contributed by atoms with Crippen LogP contribution in [0.4, 0.5) is 11.4 Å². The van der Waals surface area contributed by atoms with Gasteiger partial charge in [0.05, 0.1) is 20.8 Å². The second kappa shape index (κ2) is 11.5. The van der Waals surface area contributed by atoms with Crippen molar-refractivity contribution in [2.75, 3.05) is 45.1 Å². The fourth-order valence-electron chi connectivity index (χ4n) is 3.60. The summed E-state index contributed by atoms with van der Waals surface area (Å²) < 4.78 is 32.4. The maximum absolute atomic E-state index is 14.9. The molecular formula is C27H35N2O4P. The van der Waals surface area contributed by atoms with E-state index in [0.717, 1.165) is 16.9 Å². The monoisotopic (exact) mass is 482 g/mol. The Kier molecular flexibility index (Phi) is 8.65. The molecule has 0 aliphatic rings. The fourth-order valence-corrected chi connectivity index (χ4v) is 6.18. The summed E-state index contributed by atoms with van der Waals surface area (Å²) in [5, 5.41) is 4.13. The molecule has 0 aliphatic heterocycles. The zero-order valence-electron chi connectivity index (χ0n) is 20.8. The fraction of sp³-hybridized carbons (Fsp3) is 0.333. The molecule has 1 N–H and O–H groups in total. The lowest BCUT2D eigenvalue weighted by atomic mass is 10.1. The van der Waals surface area contributed by atoms with Gasteiger partial charge in [-0.05, 0) is 54.4 Å². The number of para-hydroxylation sites is 1. The number of hydrogen-bond donors (Lipinski definition) is 1. The lowest BCUT2D eigenvalue weighted by molar-refractivity contribution is 0.272. The third-order valence-corrected chi connectivity index (χ3v) is 8.12. The Bertz CT molecular complexity index is 1100. The number of anilines is 2. The topological polar surface area (TPSA) is 60.0 Å². The molecule has 0 saturated carbocycles.